The van der Waals surface area contributed by atoms with Crippen LogP contribution >= 0.6 is 0 Å². The summed E-state index contributed by atoms with van der Waals surface area (Å²) < 4.78 is 5.78. The average molecular weight is 333 g/mol. The van der Waals surface area contributed by atoms with E-state index in [9.17, 15) is 9.59 Å². The third kappa shape index (κ3) is 4.26. The molecule has 1 aliphatic heterocycles. The number of nitrogens with one attached hydrogen (secondary N) is 2. The van der Waals surface area contributed by atoms with Crippen molar-refractivity contribution in [2.75, 3.05) is 13.2 Å². The smallest absolute Gasteiger partial charge is 0.239 e. The van der Waals surface area contributed by atoms with Crippen molar-refractivity contribution in [3.05, 3.63) is 29.3 Å². The third-order valence-electron chi connectivity index (χ3n) is 4.32. The quantitative estimate of drug-likeness (QED) is 0.731. The maximum Gasteiger partial charge on any atom is 0.239 e. The molecule has 1 aliphatic rings. The Balaban J connectivity index is 1.95. The molecule has 4 N–H and O–H groups in total. The maximum absolute atomic E-state index is 12.2. The first kappa shape index (κ1) is 18.3. The van der Waals surface area contributed by atoms with E-state index in [1.807, 2.05) is 32.0 Å². The van der Waals surface area contributed by atoms with Gasteiger partial charge in [0.1, 0.15) is 5.75 Å². The largest absolute Gasteiger partial charge is 0.493 e. The fourth-order valence-electron chi connectivity index (χ4n) is 2.75. The zero-order chi connectivity index (χ0) is 17.7. The van der Waals surface area contributed by atoms with Gasteiger partial charge in [0.25, 0.3) is 0 Å². The Morgan fingerprint density at radius 3 is 2.79 bits per heavy atom. The monoisotopic (exact) mass is 333 g/mol. The molecule has 2 rings (SSSR count). The molecule has 0 spiro atoms. The highest BCUT2D eigenvalue weighted by Crippen LogP contribution is 2.35. The van der Waals surface area contributed by atoms with E-state index < -0.39 is 6.04 Å². The van der Waals surface area contributed by atoms with Crippen LogP contribution in [-0.4, -0.2) is 31.0 Å². The highest BCUT2D eigenvalue weighted by atomic mass is 16.5. The Bertz CT molecular complexity index is 601. The molecule has 24 heavy (non-hydrogen) atoms. The molecule has 1 aromatic rings. The van der Waals surface area contributed by atoms with E-state index in [0.717, 1.165) is 23.3 Å². The predicted molar refractivity (Wildman–Crippen MR) is 92.6 cm³/mol. The number of ether oxygens (including phenoxy) is 1. The molecular formula is C18H27N3O3. The molecule has 0 aliphatic carbocycles. The molecule has 0 fully saturated rings. The van der Waals surface area contributed by atoms with E-state index in [2.05, 4.69) is 17.6 Å². The normalized spacial score (nSPS) is 17.6. The summed E-state index contributed by atoms with van der Waals surface area (Å²) in [6, 6.07) is 5.30. The van der Waals surface area contributed by atoms with Crippen molar-refractivity contribution in [1.82, 2.24) is 10.6 Å². The molecule has 0 aromatic heterocycles. The summed E-state index contributed by atoms with van der Waals surface area (Å²) >= 11 is 0. The van der Waals surface area contributed by atoms with E-state index in [1.54, 1.807) is 0 Å². The van der Waals surface area contributed by atoms with Crippen LogP contribution in [0.4, 0.5) is 0 Å². The highest BCUT2D eigenvalue weighted by molar-refractivity contribution is 5.87. The average Bonchev–Trinajstić information content (AvgIpc) is 2.58. The van der Waals surface area contributed by atoms with Gasteiger partial charge >= 0.3 is 0 Å². The lowest BCUT2D eigenvalue weighted by atomic mass is 9.96. The molecule has 1 unspecified atom stereocenters. The molecule has 2 amide bonds. The lowest BCUT2D eigenvalue weighted by molar-refractivity contribution is -0.127. The standard InChI is InChI=1S/C18H27N3O3/c1-4-12-6-5-7-13-14(8-9-24-17(12)13)21-15(22)10-20-18(23)16(19)11(2)3/h5-7,11,14,16H,4,8-10,19H2,1-3H3,(H,20,23)(H,21,22)/t14?,16-/m0/s1. The summed E-state index contributed by atoms with van der Waals surface area (Å²) in [6.07, 6.45) is 1.60. The van der Waals surface area contributed by atoms with Gasteiger partial charge in [-0.1, -0.05) is 39.0 Å². The Hall–Kier alpha value is -2.08. The molecule has 0 radical (unpaired) electrons. The topological polar surface area (TPSA) is 93.5 Å². The first-order chi connectivity index (χ1) is 11.4. The summed E-state index contributed by atoms with van der Waals surface area (Å²) in [5, 5.41) is 5.57. The van der Waals surface area contributed by atoms with Gasteiger partial charge in [0.2, 0.25) is 11.8 Å². The second kappa shape index (κ2) is 8.15. The van der Waals surface area contributed by atoms with Gasteiger partial charge in [-0.15, -0.1) is 0 Å². The zero-order valence-electron chi connectivity index (χ0n) is 14.6. The third-order valence-corrected chi connectivity index (χ3v) is 4.32. The van der Waals surface area contributed by atoms with Crippen LogP contribution in [0.3, 0.4) is 0 Å². The summed E-state index contributed by atoms with van der Waals surface area (Å²) in [6.45, 7) is 6.32. The molecule has 1 aromatic carbocycles. The number of benzene rings is 1. The van der Waals surface area contributed by atoms with Crippen molar-refractivity contribution in [3.8, 4) is 5.75 Å². The van der Waals surface area contributed by atoms with Crippen molar-refractivity contribution < 1.29 is 14.3 Å². The summed E-state index contributed by atoms with van der Waals surface area (Å²) in [4.78, 5) is 24.0. The number of carbonyl (C=O) groups excluding carboxylic acids is 2. The molecule has 1 heterocycles. The summed E-state index contributed by atoms with van der Waals surface area (Å²) in [7, 11) is 0. The van der Waals surface area contributed by atoms with E-state index in [-0.39, 0.29) is 30.3 Å². The second-order valence-electron chi connectivity index (χ2n) is 6.43. The molecule has 6 heteroatoms. The Labute approximate surface area is 143 Å². The molecule has 132 valence electrons. The van der Waals surface area contributed by atoms with Crippen LogP contribution in [-0.2, 0) is 16.0 Å². The van der Waals surface area contributed by atoms with Crippen LogP contribution in [0.1, 0.15) is 44.4 Å². The molecule has 0 saturated carbocycles. The first-order valence-electron chi connectivity index (χ1n) is 8.51. The number of hydrogen-bond acceptors (Lipinski definition) is 4. The van der Waals surface area contributed by atoms with Crippen molar-refractivity contribution >= 4 is 11.8 Å². The van der Waals surface area contributed by atoms with Crippen molar-refractivity contribution in [2.24, 2.45) is 11.7 Å². The maximum atomic E-state index is 12.2. The number of fused-ring (bicyclic) bond motifs is 1. The Kier molecular flexibility index (Phi) is 6.20. The van der Waals surface area contributed by atoms with Gasteiger partial charge in [0.15, 0.2) is 0 Å². The minimum absolute atomic E-state index is 0.0305. The van der Waals surface area contributed by atoms with Gasteiger partial charge in [0, 0.05) is 12.0 Å². The second-order valence-corrected chi connectivity index (χ2v) is 6.43. The van der Waals surface area contributed by atoms with Gasteiger partial charge in [0.05, 0.1) is 25.2 Å². The van der Waals surface area contributed by atoms with Gasteiger partial charge in [-0.05, 0) is 17.9 Å². The molecule has 0 saturated heterocycles. The number of amides is 2. The van der Waals surface area contributed by atoms with E-state index >= 15 is 0 Å². The Morgan fingerprint density at radius 1 is 1.38 bits per heavy atom. The van der Waals surface area contributed by atoms with Gasteiger partial charge in [-0.3, -0.25) is 9.59 Å². The number of hydrogen-bond donors (Lipinski definition) is 3. The van der Waals surface area contributed by atoms with Crippen molar-refractivity contribution in [1.29, 1.82) is 0 Å². The number of carbonyl (C=O) groups is 2. The minimum Gasteiger partial charge on any atom is -0.493 e. The van der Waals surface area contributed by atoms with Crippen LogP contribution in [0.5, 0.6) is 5.75 Å². The number of para-hydroxylation sites is 1. The fourth-order valence-corrected chi connectivity index (χ4v) is 2.75. The van der Waals surface area contributed by atoms with Crippen LogP contribution < -0.4 is 21.1 Å². The van der Waals surface area contributed by atoms with Gasteiger partial charge in [-0.25, -0.2) is 0 Å². The summed E-state index contributed by atoms with van der Waals surface area (Å²) in [5.74, 6) is 0.380. The number of nitrogens with two attached hydrogens (primary N) is 1. The Morgan fingerprint density at radius 2 is 2.12 bits per heavy atom. The SMILES string of the molecule is CCc1cccc2c1OCCC2NC(=O)CNC(=O)[C@@H](N)C(C)C. The number of aryl methyl sites for hydroxylation is 1. The van der Waals surface area contributed by atoms with Crippen LogP contribution in [0.15, 0.2) is 18.2 Å². The van der Waals surface area contributed by atoms with E-state index in [0.29, 0.717) is 13.0 Å². The zero-order valence-corrected chi connectivity index (χ0v) is 14.6. The number of rotatable bonds is 6. The molecule has 0 bridgehead atoms. The lowest BCUT2D eigenvalue weighted by Crippen LogP contribution is -2.47. The van der Waals surface area contributed by atoms with Gasteiger partial charge < -0.3 is 21.1 Å². The predicted octanol–water partition coefficient (Wildman–Crippen LogP) is 1.29. The fraction of sp³-hybridized carbons (Fsp3) is 0.556. The molecular weight excluding hydrogens is 306 g/mol. The van der Waals surface area contributed by atoms with Crippen molar-refractivity contribution in [3.63, 3.8) is 0 Å². The van der Waals surface area contributed by atoms with Crippen LogP contribution in [0.25, 0.3) is 0 Å². The molecule has 2 atom stereocenters. The highest BCUT2D eigenvalue weighted by Gasteiger charge is 2.25. The van der Waals surface area contributed by atoms with Crippen molar-refractivity contribution in [2.45, 2.75) is 45.7 Å². The first-order valence-corrected chi connectivity index (χ1v) is 8.51. The van der Waals surface area contributed by atoms with E-state index in [4.69, 9.17) is 10.5 Å². The summed E-state index contributed by atoms with van der Waals surface area (Å²) in [5.41, 5.74) is 7.91. The van der Waals surface area contributed by atoms with Crippen LogP contribution in [0.2, 0.25) is 0 Å². The molecule has 6 nitrogen and oxygen atoms in total. The minimum atomic E-state index is -0.603. The lowest BCUT2D eigenvalue weighted by Gasteiger charge is -2.28. The van der Waals surface area contributed by atoms with E-state index in [1.165, 1.54) is 0 Å². The van der Waals surface area contributed by atoms with Gasteiger partial charge in [-0.2, -0.15) is 0 Å². The van der Waals surface area contributed by atoms with Crippen LogP contribution in [0, 0.1) is 5.92 Å².